The topological polar surface area (TPSA) is 72.4 Å². The van der Waals surface area contributed by atoms with Crippen LogP contribution in [0.1, 0.15) is 22.4 Å². The monoisotopic (exact) mass is 351 g/mol. The molecule has 6 nitrogen and oxygen atoms in total. The second-order valence-electron chi connectivity index (χ2n) is 6.02. The maximum atomic E-state index is 12.5. The first-order valence-corrected chi connectivity index (χ1v) is 8.86. The summed E-state index contributed by atoms with van der Waals surface area (Å²) in [6.07, 6.45) is 0. The Morgan fingerprint density at radius 1 is 1.24 bits per heavy atom. The minimum Gasteiger partial charge on any atom is -0.451 e. The summed E-state index contributed by atoms with van der Waals surface area (Å²) >= 11 is 1.59. The fraction of sp³-hybridized carbons (Fsp3) is 0.167. The molecular formula is C18H13N3O3S. The lowest BCUT2D eigenvalue weighted by Gasteiger charge is -2.36. The lowest BCUT2D eigenvalue weighted by Crippen LogP contribution is -2.48. The minimum atomic E-state index is -0.106. The third-order valence-corrected chi connectivity index (χ3v) is 5.06. The molecule has 3 aromatic heterocycles. The molecule has 1 aliphatic rings. The van der Waals surface area contributed by atoms with Crippen molar-refractivity contribution in [1.29, 1.82) is 0 Å². The summed E-state index contributed by atoms with van der Waals surface area (Å²) in [6.45, 7) is 1.11. The molecule has 1 saturated heterocycles. The van der Waals surface area contributed by atoms with Crippen LogP contribution < -0.4 is 0 Å². The lowest BCUT2D eigenvalue weighted by atomic mass is 10.00. The summed E-state index contributed by atoms with van der Waals surface area (Å²) in [4.78, 5) is 18.7. The fourth-order valence-electron chi connectivity index (χ4n) is 2.95. The Morgan fingerprint density at radius 3 is 2.92 bits per heavy atom. The van der Waals surface area contributed by atoms with Crippen LogP contribution in [0.15, 0.2) is 56.1 Å². The number of aromatic nitrogens is 2. The Bertz CT molecular complexity index is 1010. The number of nitrogens with zero attached hydrogens (tertiary/aromatic N) is 3. The predicted octanol–water partition coefficient (Wildman–Crippen LogP) is 3.78. The predicted molar refractivity (Wildman–Crippen MR) is 92.5 cm³/mol. The van der Waals surface area contributed by atoms with Gasteiger partial charge in [0, 0.05) is 29.4 Å². The molecule has 4 aromatic rings. The van der Waals surface area contributed by atoms with Gasteiger partial charge in [0.15, 0.2) is 5.76 Å². The standard InChI is InChI=1S/C18H13N3O3S/c22-18(15-7-11-3-1-2-4-14(11)23-15)21-8-13(9-21)17-19-16(20-24-17)12-5-6-25-10-12/h1-7,10,13H,8-9H2. The molecule has 0 N–H and O–H groups in total. The molecule has 0 spiro atoms. The zero-order chi connectivity index (χ0) is 16.8. The average Bonchev–Trinajstić information content (AvgIpc) is 3.32. The molecule has 1 amide bonds. The van der Waals surface area contributed by atoms with Crippen molar-refractivity contribution in [2.24, 2.45) is 0 Å². The number of thiophene rings is 1. The number of para-hydroxylation sites is 1. The van der Waals surface area contributed by atoms with Crippen molar-refractivity contribution in [2.75, 3.05) is 13.1 Å². The zero-order valence-corrected chi connectivity index (χ0v) is 13.9. The number of benzene rings is 1. The molecule has 25 heavy (non-hydrogen) atoms. The van der Waals surface area contributed by atoms with Crippen LogP contribution >= 0.6 is 11.3 Å². The minimum absolute atomic E-state index is 0.0771. The molecule has 0 saturated carbocycles. The highest BCUT2D eigenvalue weighted by Gasteiger charge is 2.37. The summed E-state index contributed by atoms with van der Waals surface area (Å²) in [5, 5.41) is 8.90. The second-order valence-corrected chi connectivity index (χ2v) is 6.80. The van der Waals surface area contributed by atoms with Crippen molar-refractivity contribution in [3.8, 4) is 11.4 Å². The maximum Gasteiger partial charge on any atom is 0.289 e. The van der Waals surface area contributed by atoms with Gasteiger partial charge in [-0.3, -0.25) is 4.79 Å². The van der Waals surface area contributed by atoms with Crippen molar-refractivity contribution in [3.63, 3.8) is 0 Å². The number of fused-ring (bicyclic) bond motifs is 1. The second kappa shape index (κ2) is 5.56. The van der Waals surface area contributed by atoms with Gasteiger partial charge in [0.1, 0.15) is 5.58 Å². The number of rotatable bonds is 3. The van der Waals surface area contributed by atoms with Gasteiger partial charge in [0.2, 0.25) is 11.7 Å². The molecular weight excluding hydrogens is 338 g/mol. The number of hydrogen-bond acceptors (Lipinski definition) is 6. The van der Waals surface area contributed by atoms with Crippen LogP contribution in [0.2, 0.25) is 0 Å². The van der Waals surface area contributed by atoms with Gasteiger partial charge in [-0.25, -0.2) is 0 Å². The van der Waals surface area contributed by atoms with Gasteiger partial charge >= 0.3 is 0 Å². The Kier molecular flexibility index (Phi) is 3.21. The van der Waals surface area contributed by atoms with E-state index >= 15 is 0 Å². The van der Waals surface area contributed by atoms with Crippen LogP contribution in [-0.4, -0.2) is 34.0 Å². The molecule has 1 aromatic carbocycles. The quantitative estimate of drug-likeness (QED) is 0.561. The van der Waals surface area contributed by atoms with E-state index in [4.69, 9.17) is 8.94 Å². The van der Waals surface area contributed by atoms with E-state index in [2.05, 4.69) is 10.1 Å². The Balaban J connectivity index is 1.29. The number of likely N-dealkylation sites (tertiary alicyclic amines) is 1. The molecule has 0 bridgehead atoms. The van der Waals surface area contributed by atoms with Crippen molar-refractivity contribution in [2.45, 2.75) is 5.92 Å². The third-order valence-electron chi connectivity index (χ3n) is 4.38. The summed E-state index contributed by atoms with van der Waals surface area (Å²) in [7, 11) is 0. The van der Waals surface area contributed by atoms with Crippen molar-refractivity contribution in [3.05, 3.63) is 58.8 Å². The highest BCUT2D eigenvalue weighted by Crippen LogP contribution is 2.30. The van der Waals surface area contributed by atoms with Crippen molar-refractivity contribution in [1.82, 2.24) is 15.0 Å². The van der Waals surface area contributed by atoms with Gasteiger partial charge in [0.05, 0.1) is 5.92 Å². The van der Waals surface area contributed by atoms with Gasteiger partial charge in [-0.05, 0) is 23.6 Å². The fourth-order valence-corrected chi connectivity index (χ4v) is 3.59. The Labute approximate surface area is 146 Å². The van der Waals surface area contributed by atoms with E-state index in [9.17, 15) is 4.79 Å². The number of carbonyl (C=O) groups excluding carboxylic acids is 1. The van der Waals surface area contributed by atoms with E-state index in [1.165, 1.54) is 0 Å². The first kappa shape index (κ1) is 14.4. The molecule has 1 aliphatic heterocycles. The Morgan fingerprint density at radius 2 is 2.12 bits per heavy atom. The van der Waals surface area contributed by atoms with Crippen LogP contribution in [0.4, 0.5) is 0 Å². The van der Waals surface area contributed by atoms with Gasteiger partial charge in [-0.15, -0.1) is 0 Å². The number of amides is 1. The molecule has 0 atom stereocenters. The summed E-state index contributed by atoms with van der Waals surface area (Å²) < 4.78 is 11.0. The Hall–Kier alpha value is -2.93. The SMILES string of the molecule is O=C(c1cc2ccccc2o1)N1CC(c2nc(-c3ccsc3)no2)C1. The van der Waals surface area contributed by atoms with Gasteiger partial charge < -0.3 is 13.8 Å². The lowest BCUT2D eigenvalue weighted by molar-refractivity contribution is 0.0539. The van der Waals surface area contributed by atoms with Crippen LogP contribution in [0.25, 0.3) is 22.4 Å². The van der Waals surface area contributed by atoms with E-state index in [0.29, 0.717) is 30.6 Å². The van der Waals surface area contributed by atoms with E-state index < -0.39 is 0 Å². The van der Waals surface area contributed by atoms with E-state index in [0.717, 1.165) is 16.5 Å². The highest BCUT2D eigenvalue weighted by molar-refractivity contribution is 7.08. The van der Waals surface area contributed by atoms with Gasteiger partial charge in [-0.2, -0.15) is 16.3 Å². The number of hydrogen-bond donors (Lipinski definition) is 0. The van der Waals surface area contributed by atoms with Gasteiger partial charge in [-0.1, -0.05) is 23.4 Å². The summed E-state index contributed by atoms with van der Waals surface area (Å²) in [6, 6.07) is 11.3. The molecule has 0 radical (unpaired) electrons. The largest absolute Gasteiger partial charge is 0.451 e. The number of furan rings is 1. The van der Waals surface area contributed by atoms with Crippen LogP contribution in [0.5, 0.6) is 0 Å². The maximum absolute atomic E-state index is 12.5. The highest BCUT2D eigenvalue weighted by atomic mass is 32.1. The van der Waals surface area contributed by atoms with E-state index in [1.54, 1.807) is 22.3 Å². The van der Waals surface area contributed by atoms with Crippen LogP contribution in [0, 0.1) is 0 Å². The van der Waals surface area contributed by atoms with E-state index in [-0.39, 0.29) is 11.8 Å². The number of carbonyl (C=O) groups is 1. The average molecular weight is 351 g/mol. The first-order chi connectivity index (χ1) is 12.3. The van der Waals surface area contributed by atoms with Gasteiger partial charge in [0.25, 0.3) is 5.91 Å². The van der Waals surface area contributed by atoms with Crippen LogP contribution in [-0.2, 0) is 0 Å². The molecule has 124 valence electrons. The van der Waals surface area contributed by atoms with Crippen molar-refractivity contribution < 1.29 is 13.7 Å². The smallest absolute Gasteiger partial charge is 0.289 e. The zero-order valence-electron chi connectivity index (χ0n) is 13.1. The normalized spacial score (nSPS) is 14.8. The summed E-state index contributed by atoms with van der Waals surface area (Å²) in [5.74, 6) is 1.51. The molecule has 0 aliphatic carbocycles. The molecule has 0 unspecified atom stereocenters. The molecule has 1 fully saturated rings. The molecule has 5 rings (SSSR count). The first-order valence-electron chi connectivity index (χ1n) is 7.92. The van der Waals surface area contributed by atoms with Crippen LogP contribution in [0.3, 0.4) is 0 Å². The molecule has 4 heterocycles. The summed E-state index contributed by atoms with van der Waals surface area (Å²) in [5.41, 5.74) is 1.68. The molecule has 7 heteroatoms. The third kappa shape index (κ3) is 2.44. The van der Waals surface area contributed by atoms with E-state index in [1.807, 2.05) is 41.1 Å². The van der Waals surface area contributed by atoms with Crippen molar-refractivity contribution >= 4 is 28.2 Å².